The molecule has 1 atom stereocenters. The Balaban J connectivity index is 1.29. The second-order valence-electron chi connectivity index (χ2n) is 8.98. The average Bonchev–Trinajstić information content (AvgIpc) is 3.20. The van der Waals surface area contributed by atoms with Crippen LogP contribution in [0.2, 0.25) is 5.02 Å². The van der Waals surface area contributed by atoms with Crippen LogP contribution in [0.15, 0.2) is 48.5 Å². The Labute approximate surface area is 200 Å². The molecule has 4 rings (SSSR count). The Morgan fingerprint density at radius 2 is 1.82 bits per heavy atom. The summed E-state index contributed by atoms with van der Waals surface area (Å²) < 4.78 is 11.5. The molecule has 2 fully saturated rings. The molecule has 176 valence electrons. The van der Waals surface area contributed by atoms with Crippen LogP contribution in [0.25, 0.3) is 0 Å². The summed E-state index contributed by atoms with van der Waals surface area (Å²) in [6.07, 6.45) is 4.66. The van der Waals surface area contributed by atoms with Crippen LogP contribution in [-0.2, 0) is 16.0 Å². The van der Waals surface area contributed by atoms with Gasteiger partial charge in [0.25, 0.3) is 0 Å². The molecule has 0 bridgehead atoms. The topological polar surface area (TPSA) is 67.9 Å². The van der Waals surface area contributed by atoms with E-state index in [2.05, 4.69) is 5.32 Å². The summed E-state index contributed by atoms with van der Waals surface area (Å²) in [4.78, 5) is 26.9. The van der Waals surface area contributed by atoms with Crippen LogP contribution in [0.5, 0.6) is 11.5 Å². The van der Waals surface area contributed by atoms with E-state index in [0.717, 1.165) is 36.3 Å². The van der Waals surface area contributed by atoms with E-state index in [-0.39, 0.29) is 23.5 Å². The summed E-state index contributed by atoms with van der Waals surface area (Å²) in [6, 6.07) is 15.3. The van der Waals surface area contributed by atoms with Crippen molar-refractivity contribution in [3.8, 4) is 11.5 Å². The molecule has 2 heterocycles. The first-order chi connectivity index (χ1) is 16.0. The van der Waals surface area contributed by atoms with Crippen molar-refractivity contribution in [1.29, 1.82) is 0 Å². The number of nitrogens with zero attached hydrogens (tertiary/aromatic N) is 1. The van der Waals surface area contributed by atoms with Crippen LogP contribution in [0, 0.1) is 0 Å². The zero-order valence-corrected chi connectivity index (χ0v) is 19.8. The van der Waals surface area contributed by atoms with E-state index in [1.807, 2.05) is 53.4 Å². The van der Waals surface area contributed by atoms with Crippen molar-refractivity contribution in [2.24, 2.45) is 0 Å². The van der Waals surface area contributed by atoms with Crippen molar-refractivity contribution in [2.75, 3.05) is 20.2 Å². The summed E-state index contributed by atoms with van der Waals surface area (Å²) in [5.41, 5.74) is 0.745. The third-order valence-electron chi connectivity index (χ3n) is 6.67. The maximum absolute atomic E-state index is 13.0. The van der Waals surface area contributed by atoms with Crippen molar-refractivity contribution in [3.05, 3.63) is 59.1 Å². The van der Waals surface area contributed by atoms with Gasteiger partial charge in [-0.25, -0.2) is 0 Å². The lowest BCUT2D eigenvalue weighted by Crippen LogP contribution is -2.46. The summed E-state index contributed by atoms with van der Waals surface area (Å²) in [6.45, 7) is 1.35. The molecule has 2 saturated heterocycles. The predicted molar refractivity (Wildman–Crippen MR) is 128 cm³/mol. The first kappa shape index (κ1) is 23.4. The Hall–Kier alpha value is -2.73. The Bertz CT molecular complexity index is 973. The Morgan fingerprint density at radius 3 is 2.45 bits per heavy atom. The Morgan fingerprint density at radius 1 is 1.12 bits per heavy atom. The standard InChI is InChI=1S/C26H31ClN2O4/c1-32-22-4-2-3-5-23(22)33-21-12-16-29(17-13-21)25(31)11-15-26(14-10-24(30)28-26)18-19-6-8-20(27)9-7-19/h2-9,21H,10-18H2,1H3,(H,28,30)/t26-/m0/s1. The third-order valence-corrected chi connectivity index (χ3v) is 6.92. The Kier molecular flexibility index (Phi) is 7.43. The number of amides is 2. The molecule has 2 aliphatic heterocycles. The normalized spacial score (nSPS) is 21.0. The molecule has 0 aliphatic carbocycles. The molecule has 0 aromatic heterocycles. The second kappa shape index (κ2) is 10.5. The van der Waals surface area contributed by atoms with Gasteiger partial charge in [0.2, 0.25) is 11.8 Å². The minimum atomic E-state index is -0.369. The lowest BCUT2D eigenvalue weighted by molar-refractivity contribution is -0.133. The minimum Gasteiger partial charge on any atom is -0.493 e. The quantitative estimate of drug-likeness (QED) is 0.621. The molecule has 2 amide bonds. The van der Waals surface area contributed by atoms with Gasteiger partial charge in [-0.05, 0) is 49.1 Å². The summed E-state index contributed by atoms with van der Waals surface area (Å²) in [5.74, 6) is 1.67. The van der Waals surface area contributed by atoms with E-state index >= 15 is 0 Å². The predicted octanol–water partition coefficient (Wildman–Crippen LogP) is 4.39. The van der Waals surface area contributed by atoms with Gasteiger partial charge in [0.1, 0.15) is 6.10 Å². The van der Waals surface area contributed by atoms with Crippen LogP contribution in [0.1, 0.15) is 44.1 Å². The molecule has 0 spiro atoms. The summed E-state index contributed by atoms with van der Waals surface area (Å²) >= 11 is 6.01. The largest absolute Gasteiger partial charge is 0.493 e. The number of halogens is 1. The monoisotopic (exact) mass is 470 g/mol. The number of hydrogen-bond acceptors (Lipinski definition) is 4. The minimum absolute atomic E-state index is 0.0608. The van der Waals surface area contributed by atoms with Crippen LogP contribution in [0.3, 0.4) is 0 Å². The SMILES string of the molecule is COc1ccccc1OC1CCN(C(=O)CC[C@]2(Cc3ccc(Cl)cc3)CCC(=O)N2)CC1. The van der Waals surface area contributed by atoms with Gasteiger partial charge in [0.15, 0.2) is 11.5 Å². The molecule has 0 saturated carbocycles. The van der Waals surface area contributed by atoms with Crippen molar-refractivity contribution < 1.29 is 19.1 Å². The molecular formula is C26H31ClN2O4. The van der Waals surface area contributed by atoms with Gasteiger partial charge in [0, 0.05) is 49.3 Å². The van der Waals surface area contributed by atoms with Gasteiger partial charge in [-0.2, -0.15) is 0 Å². The van der Waals surface area contributed by atoms with Gasteiger partial charge >= 0.3 is 0 Å². The van der Waals surface area contributed by atoms with Gasteiger partial charge in [0.05, 0.1) is 7.11 Å². The number of carbonyl (C=O) groups is 2. The maximum Gasteiger partial charge on any atom is 0.222 e. The van der Waals surface area contributed by atoms with Gasteiger partial charge in [-0.15, -0.1) is 0 Å². The van der Waals surface area contributed by atoms with E-state index in [1.165, 1.54) is 0 Å². The van der Waals surface area contributed by atoms with E-state index in [0.29, 0.717) is 43.8 Å². The van der Waals surface area contributed by atoms with Gasteiger partial charge in [-0.3, -0.25) is 9.59 Å². The molecule has 0 unspecified atom stereocenters. The highest BCUT2D eigenvalue weighted by molar-refractivity contribution is 6.30. The smallest absolute Gasteiger partial charge is 0.222 e. The first-order valence-corrected chi connectivity index (χ1v) is 12.0. The second-order valence-corrected chi connectivity index (χ2v) is 9.42. The van der Waals surface area contributed by atoms with E-state index in [4.69, 9.17) is 21.1 Å². The lowest BCUT2D eigenvalue weighted by Gasteiger charge is -2.34. The van der Waals surface area contributed by atoms with Crippen molar-refractivity contribution >= 4 is 23.4 Å². The molecule has 2 aliphatic rings. The number of hydrogen-bond donors (Lipinski definition) is 1. The fourth-order valence-electron chi connectivity index (χ4n) is 4.80. The summed E-state index contributed by atoms with van der Waals surface area (Å²) in [7, 11) is 1.63. The molecule has 1 N–H and O–H groups in total. The first-order valence-electron chi connectivity index (χ1n) is 11.6. The van der Waals surface area contributed by atoms with Crippen molar-refractivity contribution in [2.45, 2.75) is 56.6 Å². The summed E-state index contributed by atoms with van der Waals surface area (Å²) in [5, 5.41) is 3.85. The van der Waals surface area contributed by atoms with Gasteiger partial charge < -0.3 is 19.7 Å². The fourth-order valence-corrected chi connectivity index (χ4v) is 4.92. The van der Waals surface area contributed by atoms with Crippen molar-refractivity contribution in [1.82, 2.24) is 10.2 Å². The number of ether oxygens (including phenoxy) is 2. The van der Waals surface area contributed by atoms with E-state index < -0.39 is 0 Å². The molecule has 2 aromatic carbocycles. The van der Waals surface area contributed by atoms with Gasteiger partial charge in [-0.1, -0.05) is 35.9 Å². The van der Waals surface area contributed by atoms with Crippen LogP contribution >= 0.6 is 11.6 Å². The zero-order chi connectivity index (χ0) is 23.3. The molecule has 33 heavy (non-hydrogen) atoms. The fraction of sp³-hybridized carbons (Fsp3) is 0.462. The molecule has 6 nitrogen and oxygen atoms in total. The number of carbonyl (C=O) groups excluding carboxylic acids is 2. The number of nitrogens with one attached hydrogen (secondary N) is 1. The highest BCUT2D eigenvalue weighted by atomic mass is 35.5. The molecule has 7 heteroatoms. The van der Waals surface area contributed by atoms with Crippen LogP contribution < -0.4 is 14.8 Å². The molecule has 0 radical (unpaired) electrons. The number of methoxy groups -OCH3 is 1. The van der Waals surface area contributed by atoms with Crippen molar-refractivity contribution in [3.63, 3.8) is 0 Å². The highest BCUT2D eigenvalue weighted by Crippen LogP contribution is 2.31. The van der Waals surface area contributed by atoms with Crippen LogP contribution in [0.4, 0.5) is 0 Å². The number of benzene rings is 2. The number of rotatable bonds is 8. The maximum atomic E-state index is 13.0. The number of para-hydroxylation sites is 2. The zero-order valence-electron chi connectivity index (χ0n) is 19.0. The number of piperidine rings is 1. The van der Waals surface area contributed by atoms with Crippen LogP contribution in [-0.4, -0.2) is 48.6 Å². The third kappa shape index (κ3) is 5.99. The lowest BCUT2D eigenvalue weighted by atomic mass is 9.85. The number of likely N-dealkylation sites (tertiary alicyclic amines) is 1. The molecular weight excluding hydrogens is 440 g/mol. The average molecular weight is 471 g/mol. The highest BCUT2D eigenvalue weighted by Gasteiger charge is 2.38. The molecule has 2 aromatic rings. The van der Waals surface area contributed by atoms with E-state index in [1.54, 1.807) is 7.11 Å². The van der Waals surface area contributed by atoms with E-state index in [9.17, 15) is 9.59 Å².